The second kappa shape index (κ2) is 3.91. The minimum atomic E-state index is 0.718. The molecule has 1 aliphatic heterocycles. The van der Waals surface area contributed by atoms with E-state index in [1.807, 2.05) is 0 Å². The normalized spacial score (nSPS) is 25.5. The van der Waals surface area contributed by atoms with Gasteiger partial charge in [0.15, 0.2) is 0 Å². The predicted octanol–water partition coefficient (Wildman–Crippen LogP) is 2.34. The SMILES string of the molecule is CCC1=CCNC(C(C)C)C1. The molecule has 0 saturated heterocycles. The van der Waals surface area contributed by atoms with Crippen LogP contribution in [0.3, 0.4) is 0 Å². The van der Waals surface area contributed by atoms with Crippen LogP contribution < -0.4 is 5.32 Å². The molecule has 0 bridgehead atoms. The van der Waals surface area contributed by atoms with Crippen LogP contribution in [-0.2, 0) is 0 Å². The summed E-state index contributed by atoms with van der Waals surface area (Å²) in [5.41, 5.74) is 1.63. The molecule has 1 atom stereocenters. The van der Waals surface area contributed by atoms with E-state index < -0.39 is 0 Å². The van der Waals surface area contributed by atoms with Crippen LogP contribution in [0.1, 0.15) is 33.6 Å². The highest BCUT2D eigenvalue weighted by molar-refractivity contribution is 5.09. The van der Waals surface area contributed by atoms with Gasteiger partial charge in [0.05, 0.1) is 0 Å². The lowest BCUT2D eigenvalue weighted by Gasteiger charge is -2.26. The number of rotatable bonds is 2. The van der Waals surface area contributed by atoms with Crippen molar-refractivity contribution in [1.29, 1.82) is 0 Å². The fourth-order valence-corrected chi connectivity index (χ4v) is 1.55. The molecule has 0 aliphatic carbocycles. The molecule has 1 N–H and O–H groups in total. The van der Waals surface area contributed by atoms with Crippen molar-refractivity contribution in [2.24, 2.45) is 5.92 Å². The van der Waals surface area contributed by atoms with E-state index in [-0.39, 0.29) is 0 Å². The molecule has 11 heavy (non-hydrogen) atoms. The third-order valence-electron chi connectivity index (χ3n) is 2.51. The van der Waals surface area contributed by atoms with Crippen molar-refractivity contribution >= 4 is 0 Å². The van der Waals surface area contributed by atoms with Crippen molar-refractivity contribution in [3.05, 3.63) is 11.6 Å². The molecule has 1 aliphatic rings. The minimum absolute atomic E-state index is 0.718. The summed E-state index contributed by atoms with van der Waals surface area (Å²) in [4.78, 5) is 0. The van der Waals surface area contributed by atoms with E-state index in [1.54, 1.807) is 5.57 Å². The Balaban J connectivity index is 2.46. The van der Waals surface area contributed by atoms with Crippen LogP contribution in [0.4, 0.5) is 0 Å². The average molecular weight is 153 g/mol. The van der Waals surface area contributed by atoms with Gasteiger partial charge in [0.1, 0.15) is 0 Å². The van der Waals surface area contributed by atoms with Gasteiger partial charge in [0.2, 0.25) is 0 Å². The molecule has 0 aromatic carbocycles. The molecule has 0 fully saturated rings. The van der Waals surface area contributed by atoms with Gasteiger partial charge in [0, 0.05) is 12.6 Å². The Hall–Kier alpha value is -0.300. The molecule has 1 heterocycles. The summed E-state index contributed by atoms with van der Waals surface area (Å²) in [6.45, 7) is 7.90. The second-order valence-corrected chi connectivity index (χ2v) is 3.68. The molecule has 0 spiro atoms. The first kappa shape index (κ1) is 8.79. The molecule has 0 aromatic rings. The van der Waals surface area contributed by atoms with E-state index in [0.29, 0.717) is 0 Å². The minimum Gasteiger partial charge on any atom is -0.310 e. The van der Waals surface area contributed by atoms with Gasteiger partial charge >= 0.3 is 0 Å². The van der Waals surface area contributed by atoms with Crippen LogP contribution in [0.5, 0.6) is 0 Å². The summed E-state index contributed by atoms with van der Waals surface area (Å²) in [5, 5.41) is 3.51. The van der Waals surface area contributed by atoms with Gasteiger partial charge in [-0.1, -0.05) is 32.4 Å². The van der Waals surface area contributed by atoms with Crippen molar-refractivity contribution in [1.82, 2.24) is 5.32 Å². The smallest absolute Gasteiger partial charge is 0.0140 e. The van der Waals surface area contributed by atoms with Gasteiger partial charge in [-0.15, -0.1) is 0 Å². The average Bonchev–Trinajstić information content (AvgIpc) is 2.05. The fraction of sp³-hybridized carbons (Fsp3) is 0.800. The van der Waals surface area contributed by atoms with Gasteiger partial charge in [-0.3, -0.25) is 0 Å². The lowest BCUT2D eigenvalue weighted by atomic mass is 9.92. The van der Waals surface area contributed by atoms with Gasteiger partial charge in [-0.05, 0) is 18.8 Å². The Morgan fingerprint density at radius 1 is 1.64 bits per heavy atom. The summed E-state index contributed by atoms with van der Waals surface area (Å²) in [6, 6.07) is 0.718. The Morgan fingerprint density at radius 3 is 2.91 bits per heavy atom. The zero-order valence-electron chi connectivity index (χ0n) is 7.85. The van der Waals surface area contributed by atoms with Crippen LogP contribution in [0, 0.1) is 5.92 Å². The Kier molecular flexibility index (Phi) is 3.13. The van der Waals surface area contributed by atoms with Crippen molar-refractivity contribution in [3.63, 3.8) is 0 Å². The van der Waals surface area contributed by atoms with E-state index in [2.05, 4.69) is 32.2 Å². The van der Waals surface area contributed by atoms with Crippen molar-refractivity contribution in [2.75, 3.05) is 6.54 Å². The largest absolute Gasteiger partial charge is 0.310 e. The summed E-state index contributed by atoms with van der Waals surface area (Å²) in [5.74, 6) is 0.769. The molecular weight excluding hydrogens is 134 g/mol. The summed E-state index contributed by atoms with van der Waals surface area (Å²) >= 11 is 0. The van der Waals surface area contributed by atoms with Crippen LogP contribution in [0.15, 0.2) is 11.6 Å². The summed E-state index contributed by atoms with van der Waals surface area (Å²) < 4.78 is 0. The molecule has 1 heteroatoms. The van der Waals surface area contributed by atoms with Crippen LogP contribution in [0.2, 0.25) is 0 Å². The van der Waals surface area contributed by atoms with Crippen molar-refractivity contribution < 1.29 is 0 Å². The van der Waals surface area contributed by atoms with Crippen LogP contribution >= 0.6 is 0 Å². The summed E-state index contributed by atoms with van der Waals surface area (Å²) in [6.07, 6.45) is 4.82. The molecular formula is C10H19N. The van der Waals surface area contributed by atoms with E-state index in [4.69, 9.17) is 0 Å². The molecule has 64 valence electrons. The fourth-order valence-electron chi connectivity index (χ4n) is 1.55. The maximum absolute atomic E-state index is 3.51. The number of hydrogen-bond acceptors (Lipinski definition) is 1. The molecule has 1 rings (SSSR count). The summed E-state index contributed by atoms with van der Waals surface area (Å²) in [7, 11) is 0. The molecule has 0 amide bonds. The standard InChI is InChI=1S/C10H19N/c1-4-9-5-6-11-10(7-9)8(2)3/h5,8,10-11H,4,6-7H2,1-3H3. The Morgan fingerprint density at radius 2 is 2.36 bits per heavy atom. The lowest BCUT2D eigenvalue weighted by Crippen LogP contribution is -2.37. The maximum Gasteiger partial charge on any atom is 0.0140 e. The Bertz CT molecular complexity index is 147. The number of hydrogen-bond donors (Lipinski definition) is 1. The first-order valence-corrected chi connectivity index (χ1v) is 4.65. The van der Waals surface area contributed by atoms with Gasteiger partial charge in [-0.2, -0.15) is 0 Å². The maximum atomic E-state index is 3.51. The third kappa shape index (κ3) is 2.33. The monoisotopic (exact) mass is 153 g/mol. The van der Waals surface area contributed by atoms with Crippen LogP contribution in [-0.4, -0.2) is 12.6 Å². The van der Waals surface area contributed by atoms with Crippen LogP contribution in [0.25, 0.3) is 0 Å². The number of nitrogens with one attached hydrogen (secondary N) is 1. The quantitative estimate of drug-likeness (QED) is 0.600. The third-order valence-corrected chi connectivity index (χ3v) is 2.51. The zero-order chi connectivity index (χ0) is 8.27. The Labute approximate surface area is 69.9 Å². The van der Waals surface area contributed by atoms with Crippen molar-refractivity contribution in [2.45, 2.75) is 39.7 Å². The van der Waals surface area contributed by atoms with E-state index >= 15 is 0 Å². The second-order valence-electron chi connectivity index (χ2n) is 3.68. The van der Waals surface area contributed by atoms with Gasteiger partial charge in [0.25, 0.3) is 0 Å². The highest BCUT2D eigenvalue weighted by Gasteiger charge is 2.16. The predicted molar refractivity (Wildman–Crippen MR) is 49.6 cm³/mol. The molecule has 0 aromatic heterocycles. The zero-order valence-corrected chi connectivity index (χ0v) is 7.85. The lowest BCUT2D eigenvalue weighted by molar-refractivity contribution is 0.395. The van der Waals surface area contributed by atoms with Gasteiger partial charge in [-0.25, -0.2) is 0 Å². The molecule has 1 unspecified atom stereocenters. The molecule has 0 radical (unpaired) electrons. The van der Waals surface area contributed by atoms with E-state index in [9.17, 15) is 0 Å². The van der Waals surface area contributed by atoms with Crippen molar-refractivity contribution in [3.8, 4) is 0 Å². The molecule has 0 saturated carbocycles. The topological polar surface area (TPSA) is 12.0 Å². The first-order chi connectivity index (χ1) is 5.24. The van der Waals surface area contributed by atoms with E-state index in [0.717, 1.165) is 18.5 Å². The molecule has 1 nitrogen and oxygen atoms in total. The highest BCUT2D eigenvalue weighted by Crippen LogP contribution is 2.18. The van der Waals surface area contributed by atoms with E-state index in [1.165, 1.54) is 12.8 Å². The van der Waals surface area contributed by atoms with Gasteiger partial charge < -0.3 is 5.32 Å². The first-order valence-electron chi connectivity index (χ1n) is 4.65. The highest BCUT2D eigenvalue weighted by atomic mass is 14.9.